The Hall–Kier alpha value is -4.74. The number of anilines is 2. The van der Waals surface area contributed by atoms with Crippen LogP contribution in [-0.4, -0.2) is 58.2 Å². The van der Waals surface area contributed by atoms with E-state index in [2.05, 4.69) is 15.6 Å². The molecule has 0 bridgehead atoms. The van der Waals surface area contributed by atoms with Gasteiger partial charge in [0, 0.05) is 54.5 Å². The van der Waals surface area contributed by atoms with Gasteiger partial charge in [0.1, 0.15) is 0 Å². The Kier molecular flexibility index (Phi) is 8.30. The van der Waals surface area contributed by atoms with Gasteiger partial charge in [0.05, 0.1) is 27.3 Å². The third-order valence-corrected chi connectivity index (χ3v) is 9.83. The minimum absolute atomic E-state index is 0.0196. The minimum atomic E-state index is -3.87. The van der Waals surface area contributed by atoms with Gasteiger partial charge in [-0.15, -0.1) is 0 Å². The lowest BCUT2D eigenvalue weighted by Gasteiger charge is -2.32. The summed E-state index contributed by atoms with van der Waals surface area (Å²) in [6.45, 7) is 4.40. The van der Waals surface area contributed by atoms with Crippen molar-refractivity contribution in [3.63, 3.8) is 0 Å². The number of piperidine rings is 1. The number of para-hydroxylation sites is 1. The molecule has 1 aliphatic rings. The smallest absolute Gasteiger partial charge is 0.268 e. The Morgan fingerprint density at radius 2 is 1.69 bits per heavy atom. The molecule has 2 amide bonds. The number of benzene rings is 3. The summed E-state index contributed by atoms with van der Waals surface area (Å²) in [5, 5.41) is 7.11. The van der Waals surface area contributed by atoms with E-state index in [1.54, 1.807) is 66.9 Å². The Bertz CT molecular complexity index is 2020. The fourth-order valence-corrected chi connectivity index (χ4v) is 7.22. The molecule has 3 aromatic carbocycles. The number of aryl methyl sites for hydroxylation is 1. The number of hydrogen-bond acceptors (Lipinski definition) is 7. The summed E-state index contributed by atoms with van der Waals surface area (Å²) >= 11 is 6.60. The third-order valence-electron chi connectivity index (χ3n) is 7.87. The Balaban J connectivity index is 1.20. The average molecular weight is 643 g/mol. The molecule has 0 unspecified atom stereocenters. The zero-order valence-corrected chi connectivity index (χ0v) is 26.3. The number of amides is 2. The summed E-state index contributed by atoms with van der Waals surface area (Å²) in [5.74, 6) is 0.154. The van der Waals surface area contributed by atoms with Crippen LogP contribution in [0.1, 0.15) is 35.7 Å². The minimum Gasteiger partial charge on any atom is -0.351 e. The number of carbonyl (C=O) groups is 2. The van der Waals surface area contributed by atoms with Crippen LogP contribution in [0.4, 0.5) is 11.6 Å². The maximum atomic E-state index is 13.6. The van der Waals surface area contributed by atoms with Crippen molar-refractivity contribution in [1.82, 2.24) is 18.8 Å². The molecule has 0 spiro atoms. The number of nitrogens with one attached hydrogen (secondary N) is 2. The third kappa shape index (κ3) is 6.13. The van der Waals surface area contributed by atoms with Crippen LogP contribution >= 0.6 is 11.6 Å². The maximum absolute atomic E-state index is 13.6. The number of rotatable bonds is 7. The SMILES string of the molecule is CC(=O)Nc1ccc(C(=O)N2CCC(Nc3ncc(Cl)c(-c4cn(S(=O)(=O)c5ccccc5)c5ccccc45)n3)CC2)c(C)c1. The number of hydrogen-bond donors (Lipinski definition) is 2. The average Bonchev–Trinajstić information content (AvgIpc) is 3.43. The summed E-state index contributed by atoms with van der Waals surface area (Å²) in [6, 6.07) is 20.8. The van der Waals surface area contributed by atoms with Gasteiger partial charge in [-0.05, 0) is 61.7 Å². The van der Waals surface area contributed by atoms with Crippen molar-refractivity contribution in [3.8, 4) is 11.3 Å². The summed E-state index contributed by atoms with van der Waals surface area (Å²) in [4.78, 5) is 35.8. The molecule has 10 nitrogen and oxygen atoms in total. The topological polar surface area (TPSA) is 126 Å². The Morgan fingerprint density at radius 1 is 0.978 bits per heavy atom. The molecular weight excluding hydrogens is 612 g/mol. The number of fused-ring (bicyclic) bond motifs is 1. The number of halogens is 1. The first-order valence-corrected chi connectivity index (χ1v) is 16.3. The Morgan fingerprint density at radius 3 is 2.40 bits per heavy atom. The first kappa shape index (κ1) is 30.3. The van der Waals surface area contributed by atoms with Crippen LogP contribution in [0.2, 0.25) is 5.02 Å². The first-order valence-electron chi connectivity index (χ1n) is 14.5. The van der Waals surface area contributed by atoms with E-state index in [-0.39, 0.29) is 22.8 Å². The first-order chi connectivity index (χ1) is 21.6. The van der Waals surface area contributed by atoms with Crippen LogP contribution in [0.15, 0.2) is 90.1 Å². The monoisotopic (exact) mass is 642 g/mol. The van der Waals surface area contributed by atoms with E-state index in [1.165, 1.54) is 17.1 Å². The molecule has 1 aliphatic heterocycles. The van der Waals surface area contributed by atoms with Crippen LogP contribution in [-0.2, 0) is 14.8 Å². The van der Waals surface area contributed by atoms with Crippen molar-refractivity contribution < 1.29 is 18.0 Å². The van der Waals surface area contributed by atoms with Crippen LogP contribution < -0.4 is 10.6 Å². The Labute approximate surface area is 266 Å². The van der Waals surface area contributed by atoms with E-state index in [4.69, 9.17) is 16.6 Å². The van der Waals surface area contributed by atoms with Crippen molar-refractivity contribution in [3.05, 3.63) is 101 Å². The van der Waals surface area contributed by atoms with Crippen LogP contribution in [0.25, 0.3) is 22.2 Å². The molecule has 1 fully saturated rings. The zero-order chi connectivity index (χ0) is 31.7. The van der Waals surface area contributed by atoms with Gasteiger partial charge in [-0.2, -0.15) is 0 Å². The van der Waals surface area contributed by atoms with Crippen LogP contribution in [0.5, 0.6) is 0 Å². The van der Waals surface area contributed by atoms with Gasteiger partial charge in [-0.3, -0.25) is 9.59 Å². The van der Waals surface area contributed by atoms with Crippen LogP contribution in [0.3, 0.4) is 0 Å². The van der Waals surface area contributed by atoms with Crippen molar-refractivity contribution in [1.29, 1.82) is 0 Å². The van der Waals surface area contributed by atoms with Gasteiger partial charge < -0.3 is 15.5 Å². The van der Waals surface area contributed by atoms with Crippen molar-refractivity contribution in [2.45, 2.75) is 37.6 Å². The highest BCUT2D eigenvalue weighted by Gasteiger charge is 2.26. The molecule has 12 heteroatoms. The van der Waals surface area contributed by atoms with E-state index in [9.17, 15) is 18.0 Å². The summed E-state index contributed by atoms with van der Waals surface area (Å²) in [6.07, 6.45) is 4.44. The number of aromatic nitrogens is 3. The molecule has 0 saturated carbocycles. The molecule has 1 saturated heterocycles. The highest BCUT2D eigenvalue weighted by Crippen LogP contribution is 2.36. The summed E-state index contributed by atoms with van der Waals surface area (Å²) in [5.41, 5.74) is 3.56. The molecule has 6 rings (SSSR count). The normalized spacial score (nSPS) is 14.0. The molecule has 230 valence electrons. The highest BCUT2D eigenvalue weighted by atomic mass is 35.5. The van der Waals surface area contributed by atoms with Crippen LogP contribution in [0, 0.1) is 6.92 Å². The van der Waals surface area contributed by atoms with E-state index < -0.39 is 10.0 Å². The van der Waals surface area contributed by atoms with Crippen molar-refractivity contribution in [2.75, 3.05) is 23.7 Å². The van der Waals surface area contributed by atoms with Gasteiger partial charge in [0.15, 0.2) is 0 Å². The molecule has 3 heterocycles. The lowest BCUT2D eigenvalue weighted by atomic mass is 10.0. The number of carbonyl (C=O) groups excluding carboxylic acids is 2. The molecule has 0 radical (unpaired) electrons. The quantitative estimate of drug-likeness (QED) is 0.224. The molecule has 5 aromatic rings. The molecular formula is C33H31ClN6O4S. The van der Waals surface area contributed by atoms with Gasteiger partial charge in [-0.1, -0.05) is 48.0 Å². The van der Waals surface area contributed by atoms with E-state index >= 15 is 0 Å². The maximum Gasteiger partial charge on any atom is 0.268 e. The van der Waals surface area contributed by atoms with Crippen molar-refractivity contribution >= 4 is 56.0 Å². The fourth-order valence-electron chi connectivity index (χ4n) is 5.63. The number of likely N-dealkylation sites (tertiary alicyclic amines) is 1. The summed E-state index contributed by atoms with van der Waals surface area (Å²) in [7, 11) is -3.87. The second-order valence-corrected chi connectivity index (χ2v) is 13.2. The predicted molar refractivity (Wildman–Crippen MR) is 175 cm³/mol. The molecule has 2 N–H and O–H groups in total. The van der Waals surface area contributed by atoms with Gasteiger partial charge in [-0.25, -0.2) is 22.4 Å². The van der Waals surface area contributed by atoms with E-state index in [0.29, 0.717) is 70.3 Å². The second-order valence-electron chi connectivity index (χ2n) is 11.0. The highest BCUT2D eigenvalue weighted by molar-refractivity contribution is 7.90. The zero-order valence-electron chi connectivity index (χ0n) is 24.7. The van der Waals surface area contributed by atoms with Gasteiger partial charge >= 0.3 is 0 Å². The fraction of sp³-hybridized carbons (Fsp3) is 0.212. The summed E-state index contributed by atoms with van der Waals surface area (Å²) < 4.78 is 28.4. The van der Waals surface area contributed by atoms with Crippen molar-refractivity contribution in [2.24, 2.45) is 0 Å². The molecule has 2 aromatic heterocycles. The standard InChI is InChI=1S/C33H31ClN6O4S/c1-21-18-24(36-22(2)41)12-13-26(21)32(42)39-16-14-23(15-17-39)37-33-35-19-29(34)31(38-33)28-20-40(30-11-7-6-10-27(28)30)45(43,44)25-8-4-3-5-9-25/h3-13,18-20,23H,14-17H2,1-2H3,(H,36,41)(H,35,37,38). The largest absolute Gasteiger partial charge is 0.351 e. The lowest BCUT2D eigenvalue weighted by Crippen LogP contribution is -2.42. The molecule has 45 heavy (non-hydrogen) atoms. The van der Waals surface area contributed by atoms with E-state index in [0.717, 1.165) is 5.56 Å². The number of nitrogens with zero attached hydrogens (tertiary/aromatic N) is 4. The van der Waals surface area contributed by atoms with Gasteiger partial charge in [0.2, 0.25) is 11.9 Å². The second kappa shape index (κ2) is 12.3. The molecule has 0 aliphatic carbocycles. The lowest BCUT2D eigenvalue weighted by molar-refractivity contribution is -0.114. The molecule has 0 atom stereocenters. The van der Waals surface area contributed by atoms with Gasteiger partial charge in [0.25, 0.3) is 15.9 Å². The predicted octanol–water partition coefficient (Wildman–Crippen LogP) is 5.97. The van der Waals surface area contributed by atoms with E-state index in [1.807, 2.05) is 24.0 Å².